The molecule has 4 nitrogen and oxygen atoms in total. The standard InChI is InChI=1S/C16H23NO3/c1-4-5-8-17-15(18)16(2,3)12-6-7-13-14(11-12)20-10-9-19-13/h6-7,11H,4-5,8-10H2,1-3H3,(H,17,18). The Morgan fingerprint density at radius 3 is 2.65 bits per heavy atom. The molecule has 1 N–H and O–H groups in total. The summed E-state index contributed by atoms with van der Waals surface area (Å²) in [7, 11) is 0. The van der Waals surface area contributed by atoms with E-state index in [0.29, 0.717) is 13.2 Å². The van der Waals surface area contributed by atoms with Crippen molar-refractivity contribution in [2.75, 3.05) is 19.8 Å². The third-order valence-corrected chi connectivity index (χ3v) is 3.65. The Labute approximate surface area is 120 Å². The molecule has 4 heteroatoms. The number of fused-ring (bicyclic) bond motifs is 1. The molecule has 1 aromatic rings. The highest BCUT2D eigenvalue weighted by atomic mass is 16.6. The molecule has 1 heterocycles. The maximum absolute atomic E-state index is 12.3. The van der Waals surface area contributed by atoms with Crippen molar-refractivity contribution < 1.29 is 14.3 Å². The summed E-state index contributed by atoms with van der Waals surface area (Å²) in [5.41, 5.74) is 0.361. The van der Waals surface area contributed by atoms with Crippen molar-refractivity contribution in [3.63, 3.8) is 0 Å². The number of hydrogen-bond donors (Lipinski definition) is 1. The molecule has 0 fully saturated rings. The Hall–Kier alpha value is -1.71. The van der Waals surface area contributed by atoms with Gasteiger partial charge in [0.25, 0.3) is 0 Å². The molecule has 0 bridgehead atoms. The minimum Gasteiger partial charge on any atom is -0.486 e. The molecular weight excluding hydrogens is 254 g/mol. The Balaban J connectivity index is 2.14. The first-order valence-corrected chi connectivity index (χ1v) is 7.24. The molecule has 0 unspecified atom stereocenters. The molecule has 0 saturated carbocycles. The van der Waals surface area contributed by atoms with E-state index in [9.17, 15) is 4.79 Å². The predicted octanol–water partition coefficient (Wildman–Crippen LogP) is 2.65. The lowest BCUT2D eigenvalue weighted by atomic mass is 9.83. The molecule has 0 spiro atoms. The normalized spacial score (nSPS) is 13.9. The smallest absolute Gasteiger partial charge is 0.230 e. The average Bonchev–Trinajstić information content (AvgIpc) is 2.46. The lowest BCUT2D eigenvalue weighted by Gasteiger charge is -2.26. The summed E-state index contributed by atoms with van der Waals surface area (Å²) < 4.78 is 11.1. The molecule has 0 radical (unpaired) electrons. The van der Waals surface area contributed by atoms with Crippen LogP contribution in [0.1, 0.15) is 39.2 Å². The molecule has 1 amide bonds. The molecule has 1 aliphatic rings. The number of nitrogens with one attached hydrogen (secondary N) is 1. The largest absolute Gasteiger partial charge is 0.486 e. The van der Waals surface area contributed by atoms with Gasteiger partial charge in [0.1, 0.15) is 13.2 Å². The molecule has 0 atom stereocenters. The van der Waals surface area contributed by atoms with Gasteiger partial charge in [-0.05, 0) is 38.0 Å². The fraction of sp³-hybridized carbons (Fsp3) is 0.562. The van der Waals surface area contributed by atoms with E-state index in [-0.39, 0.29) is 5.91 Å². The lowest BCUT2D eigenvalue weighted by Crippen LogP contribution is -2.40. The van der Waals surface area contributed by atoms with Crippen LogP contribution in [0.4, 0.5) is 0 Å². The van der Waals surface area contributed by atoms with E-state index < -0.39 is 5.41 Å². The van der Waals surface area contributed by atoms with E-state index in [4.69, 9.17) is 9.47 Å². The van der Waals surface area contributed by atoms with E-state index in [0.717, 1.165) is 36.4 Å². The Kier molecular flexibility index (Phi) is 4.53. The number of hydrogen-bond acceptors (Lipinski definition) is 3. The fourth-order valence-corrected chi connectivity index (χ4v) is 2.16. The highest BCUT2D eigenvalue weighted by Crippen LogP contribution is 2.35. The van der Waals surface area contributed by atoms with Crippen molar-refractivity contribution >= 4 is 5.91 Å². The number of carbonyl (C=O) groups excluding carboxylic acids is 1. The van der Waals surface area contributed by atoms with Crippen LogP contribution in [-0.2, 0) is 10.2 Å². The summed E-state index contributed by atoms with van der Waals surface area (Å²) in [4.78, 5) is 12.3. The van der Waals surface area contributed by atoms with Crippen molar-refractivity contribution in [2.24, 2.45) is 0 Å². The average molecular weight is 277 g/mol. The summed E-state index contributed by atoms with van der Waals surface area (Å²) in [5.74, 6) is 1.52. The van der Waals surface area contributed by atoms with Gasteiger partial charge >= 0.3 is 0 Å². The minimum absolute atomic E-state index is 0.0441. The topological polar surface area (TPSA) is 47.6 Å². The van der Waals surface area contributed by atoms with Gasteiger partial charge < -0.3 is 14.8 Å². The zero-order valence-electron chi connectivity index (χ0n) is 12.5. The molecule has 2 rings (SSSR count). The van der Waals surface area contributed by atoms with Gasteiger partial charge in [0, 0.05) is 6.54 Å². The summed E-state index contributed by atoms with van der Waals surface area (Å²) in [6.07, 6.45) is 2.08. The van der Waals surface area contributed by atoms with Gasteiger partial charge in [0.15, 0.2) is 11.5 Å². The van der Waals surface area contributed by atoms with E-state index >= 15 is 0 Å². The van der Waals surface area contributed by atoms with Gasteiger partial charge in [-0.3, -0.25) is 4.79 Å². The number of ether oxygens (including phenoxy) is 2. The van der Waals surface area contributed by atoms with Crippen molar-refractivity contribution in [3.05, 3.63) is 23.8 Å². The molecule has 1 aromatic carbocycles. The summed E-state index contributed by atoms with van der Waals surface area (Å²) in [6, 6.07) is 5.73. The highest BCUT2D eigenvalue weighted by Gasteiger charge is 2.30. The van der Waals surface area contributed by atoms with Crippen molar-refractivity contribution in [1.29, 1.82) is 0 Å². The van der Waals surface area contributed by atoms with Gasteiger partial charge in [0.05, 0.1) is 5.41 Å². The SMILES string of the molecule is CCCCNC(=O)C(C)(C)c1ccc2c(c1)OCCO2. The number of rotatable bonds is 5. The fourth-order valence-electron chi connectivity index (χ4n) is 2.16. The van der Waals surface area contributed by atoms with Crippen LogP contribution in [0.15, 0.2) is 18.2 Å². The number of amides is 1. The zero-order valence-corrected chi connectivity index (χ0v) is 12.5. The van der Waals surface area contributed by atoms with Gasteiger partial charge in [-0.25, -0.2) is 0 Å². The number of unbranched alkanes of at least 4 members (excludes halogenated alkanes) is 1. The molecular formula is C16H23NO3. The highest BCUT2D eigenvalue weighted by molar-refractivity contribution is 5.87. The summed E-state index contributed by atoms with van der Waals surface area (Å²) in [5, 5.41) is 2.99. The van der Waals surface area contributed by atoms with Gasteiger partial charge in [-0.15, -0.1) is 0 Å². The van der Waals surface area contributed by atoms with Gasteiger partial charge in [-0.1, -0.05) is 19.4 Å². The maximum Gasteiger partial charge on any atom is 0.230 e. The van der Waals surface area contributed by atoms with E-state index in [1.165, 1.54) is 0 Å². The summed E-state index contributed by atoms with van der Waals surface area (Å²) in [6.45, 7) is 7.83. The molecule has 0 saturated heterocycles. The first-order valence-electron chi connectivity index (χ1n) is 7.24. The monoisotopic (exact) mass is 277 g/mol. The molecule has 0 aromatic heterocycles. The van der Waals surface area contributed by atoms with Crippen LogP contribution in [0.2, 0.25) is 0 Å². The second-order valence-corrected chi connectivity index (χ2v) is 5.59. The second-order valence-electron chi connectivity index (χ2n) is 5.59. The first kappa shape index (κ1) is 14.7. The molecule has 110 valence electrons. The van der Waals surface area contributed by atoms with Crippen LogP contribution < -0.4 is 14.8 Å². The Bertz CT molecular complexity index is 483. The van der Waals surface area contributed by atoms with E-state index in [2.05, 4.69) is 12.2 Å². The Morgan fingerprint density at radius 1 is 1.25 bits per heavy atom. The van der Waals surface area contributed by atoms with Crippen LogP contribution in [0.3, 0.4) is 0 Å². The van der Waals surface area contributed by atoms with Crippen molar-refractivity contribution in [1.82, 2.24) is 5.32 Å². The van der Waals surface area contributed by atoms with Gasteiger partial charge in [-0.2, -0.15) is 0 Å². The quantitative estimate of drug-likeness (QED) is 0.842. The molecule has 20 heavy (non-hydrogen) atoms. The minimum atomic E-state index is -0.580. The summed E-state index contributed by atoms with van der Waals surface area (Å²) >= 11 is 0. The third kappa shape index (κ3) is 3.06. The molecule has 0 aliphatic carbocycles. The van der Waals surface area contributed by atoms with Crippen LogP contribution in [-0.4, -0.2) is 25.7 Å². The van der Waals surface area contributed by atoms with E-state index in [1.54, 1.807) is 0 Å². The van der Waals surface area contributed by atoms with Crippen molar-refractivity contribution in [2.45, 2.75) is 39.0 Å². The van der Waals surface area contributed by atoms with Crippen LogP contribution in [0.25, 0.3) is 0 Å². The number of carbonyl (C=O) groups is 1. The lowest BCUT2D eigenvalue weighted by molar-refractivity contribution is -0.125. The van der Waals surface area contributed by atoms with Crippen LogP contribution in [0.5, 0.6) is 11.5 Å². The Morgan fingerprint density at radius 2 is 1.95 bits per heavy atom. The van der Waals surface area contributed by atoms with Crippen LogP contribution >= 0.6 is 0 Å². The maximum atomic E-state index is 12.3. The predicted molar refractivity (Wildman–Crippen MR) is 78.4 cm³/mol. The first-order chi connectivity index (χ1) is 9.55. The number of benzene rings is 1. The zero-order chi connectivity index (χ0) is 14.6. The molecule has 1 aliphatic heterocycles. The third-order valence-electron chi connectivity index (χ3n) is 3.65. The van der Waals surface area contributed by atoms with Crippen LogP contribution in [0, 0.1) is 0 Å². The van der Waals surface area contributed by atoms with Gasteiger partial charge in [0.2, 0.25) is 5.91 Å². The second kappa shape index (κ2) is 6.16. The van der Waals surface area contributed by atoms with E-state index in [1.807, 2.05) is 32.0 Å². The van der Waals surface area contributed by atoms with Crippen molar-refractivity contribution in [3.8, 4) is 11.5 Å².